The fraction of sp³-hybridized carbons (Fsp3) is 0.174. The summed E-state index contributed by atoms with van der Waals surface area (Å²) in [4.78, 5) is 47.3. The quantitative estimate of drug-likeness (QED) is 0.458. The van der Waals surface area contributed by atoms with E-state index in [4.69, 9.17) is 9.47 Å². The van der Waals surface area contributed by atoms with Crippen LogP contribution in [0.15, 0.2) is 70.6 Å². The number of rotatable bonds is 7. The van der Waals surface area contributed by atoms with E-state index in [2.05, 4.69) is 15.3 Å². The van der Waals surface area contributed by atoms with E-state index in [9.17, 15) is 14.4 Å². The molecule has 0 spiro atoms. The molecule has 0 saturated heterocycles. The van der Waals surface area contributed by atoms with Gasteiger partial charge in [0.1, 0.15) is 18.0 Å². The number of hydrogen-bond acceptors (Lipinski definition) is 7. The average molecular weight is 447 g/mol. The third-order valence-corrected chi connectivity index (χ3v) is 5.03. The molecule has 4 aromatic rings. The van der Waals surface area contributed by atoms with E-state index in [1.807, 2.05) is 0 Å². The second-order valence-electron chi connectivity index (χ2n) is 7.11. The number of nitrogens with one attached hydrogen (secondary N) is 1. The summed E-state index contributed by atoms with van der Waals surface area (Å²) < 4.78 is 12.8. The molecule has 0 aliphatic heterocycles. The molecule has 0 fully saturated rings. The lowest BCUT2D eigenvalue weighted by Gasteiger charge is -2.15. The first-order valence-electron chi connectivity index (χ1n) is 10.0. The minimum atomic E-state index is -0.628. The highest BCUT2D eigenvalue weighted by Crippen LogP contribution is 2.28. The van der Waals surface area contributed by atoms with Gasteiger partial charge in [0.15, 0.2) is 5.52 Å². The maximum Gasteiger partial charge on any atom is 0.332 e. The third kappa shape index (κ3) is 4.45. The zero-order chi connectivity index (χ0) is 23.4. The molecular weight excluding hydrogens is 426 g/mol. The fourth-order valence-corrected chi connectivity index (χ4v) is 3.45. The van der Waals surface area contributed by atoms with Crippen molar-refractivity contribution in [3.05, 3.63) is 87.5 Å². The molecule has 3 aromatic heterocycles. The van der Waals surface area contributed by atoms with E-state index in [0.717, 1.165) is 4.57 Å². The van der Waals surface area contributed by atoms with Crippen molar-refractivity contribution in [2.45, 2.75) is 13.1 Å². The summed E-state index contributed by atoms with van der Waals surface area (Å²) in [6, 6.07) is 11.6. The van der Waals surface area contributed by atoms with Gasteiger partial charge in [0.05, 0.1) is 32.0 Å². The van der Waals surface area contributed by atoms with Crippen LogP contribution in [-0.4, -0.2) is 39.2 Å². The molecular formula is C23H21N5O5. The van der Waals surface area contributed by atoms with E-state index >= 15 is 0 Å². The molecule has 0 atom stereocenters. The van der Waals surface area contributed by atoms with E-state index in [-0.39, 0.29) is 24.1 Å². The summed E-state index contributed by atoms with van der Waals surface area (Å²) in [7, 11) is 2.99. The highest BCUT2D eigenvalue weighted by atomic mass is 16.5. The number of ether oxygens (including phenoxy) is 2. The number of fused-ring (bicyclic) bond motifs is 1. The van der Waals surface area contributed by atoms with Crippen LogP contribution in [0.1, 0.15) is 5.56 Å². The molecule has 1 N–H and O–H groups in total. The van der Waals surface area contributed by atoms with Gasteiger partial charge in [0, 0.05) is 24.7 Å². The Hall–Kier alpha value is -4.47. The molecule has 0 bridgehead atoms. The van der Waals surface area contributed by atoms with Crippen molar-refractivity contribution >= 4 is 22.6 Å². The Kier molecular flexibility index (Phi) is 6.16. The summed E-state index contributed by atoms with van der Waals surface area (Å²) in [6.45, 7) is -0.335. The lowest BCUT2D eigenvalue weighted by molar-refractivity contribution is -0.116. The van der Waals surface area contributed by atoms with Crippen LogP contribution in [0.4, 0.5) is 5.69 Å². The molecule has 0 aliphatic carbocycles. The van der Waals surface area contributed by atoms with Gasteiger partial charge in [-0.25, -0.2) is 9.78 Å². The maximum atomic E-state index is 13.3. The normalized spacial score (nSPS) is 10.7. The van der Waals surface area contributed by atoms with Gasteiger partial charge in [-0.05, 0) is 35.9 Å². The predicted octanol–water partition coefficient (Wildman–Crippen LogP) is 1.66. The van der Waals surface area contributed by atoms with Crippen LogP contribution < -0.4 is 26.0 Å². The molecule has 1 amide bonds. The van der Waals surface area contributed by atoms with Crippen LogP contribution in [-0.2, 0) is 17.9 Å². The van der Waals surface area contributed by atoms with Gasteiger partial charge in [0.25, 0.3) is 5.56 Å². The number of carbonyl (C=O) groups is 1. The maximum absolute atomic E-state index is 13.3. The summed E-state index contributed by atoms with van der Waals surface area (Å²) in [5.74, 6) is 0.480. The fourth-order valence-electron chi connectivity index (χ4n) is 3.45. The summed E-state index contributed by atoms with van der Waals surface area (Å²) in [5, 5.41) is 2.74. The van der Waals surface area contributed by atoms with Crippen molar-refractivity contribution in [1.29, 1.82) is 0 Å². The van der Waals surface area contributed by atoms with Crippen LogP contribution in [0.2, 0.25) is 0 Å². The molecule has 0 saturated carbocycles. The van der Waals surface area contributed by atoms with Gasteiger partial charge in [-0.1, -0.05) is 6.07 Å². The predicted molar refractivity (Wildman–Crippen MR) is 122 cm³/mol. The molecule has 0 aliphatic rings. The Labute approximate surface area is 188 Å². The number of methoxy groups -OCH3 is 2. The number of nitrogens with zero attached hydrogens (tertiary/aromatic N) is 4. The summed E-state index contributed by atoms with van der Waals surface area (Å²) in [5.41, 5.74) is 0.253. The first kappa shape index (κ1) is 21.8. The van der Waals surface area contributed by atoms with Crippen molar-refractivity contribution in [2.24, 2.45) is 0 Å². The van der Waals surface area contributed by atoms with E-state index in [0.29, 0.717) is 22.7 Å². The highest BCUT2D eigenvalue weighted by Gasteiger charge is 2.17. The van der Waals surface area contributed by atoms with Gasteiger partial charge in [-0.3, -0.25) is 23.7 Å². The van der Waals surface area contributed by atoms with E-state index < -0.39 is 17.2 Å². The molecule has 0 unspecified atom stereocenters. The Morgan fingerprint density at radius 2 is 1.85 bits per heavy atom. The first-order valence-corrected chi connectivity index (χ1v) is 10.0. The number of anilines is 1. The van der Waals surface area contributed by atoms with Crippen LogP contribution in [0.25, 0.3) is 11.0 Å². The zero-order valence-electron chi connectivity index (χ0n) is 18.0. The Morgan fingerprint density at radius 1 is 1.03 bits per heavy atom. The summed E-state index contributed by atoms with van der Waals surface area (Å²) >= 11 is 0. The standard InChI is InChI=1S/C23H21N5O5/c1-32-16-7-8-19(33-2)17(11-16)26-20(29)14-27-18-6-4-10-25-21(18)22(30)28(23(27)31)13-15-5-3-9-24-12-15/h3-12H,13-14H2,1-2H3,(H,26,29). The molecule has 1 aromatic carbocycles. The summed E-state index contributed by atoms with van der Waals surface area (Å²) in [6.07, 6.45) is 4.64. The number of hydrogen-bond donors (Lipinski definition) is 1. The Bertz CT molecular complexity index is 1430. The lowest BCUT2D eigenvalue weighted by atomic mass is 10.2. The van der Waals surface area contributed by atoms with Crippen molar-refractivity contribution in [1.82, 2.24) is 19.1 Å². The number of aromatic nitrogens is 4. The van der Waals surface area contributed by atoms with Crippen molar-refractivity contribution in [3.8, 4) is 11.5 Å². The van der Waals surface area contributed by atoms with Crippen LogP contribution in [0.3, 0.4) is 0 Å². The minimum Gasteiger partial charge on any atom is -0.497 e. The molecule has 10 heteroatoms. The number of benzene rings is 1. The molecule has 4 rings (SSSR count). The average Bonchev–Trinajstić information content (AvgIpc) is 2.85. The second-order valence-corrected chi connectivity index (χ2v) is 7.11. The van der Waals surface area contributed by atoms with E-state index in [1.54, 1.807) is 54.9 Å². The van der Waals surface area contributed by atoms with Crippen molar-refractivity contribution in [3.63, 3.8) is 0 Å². The molecule has 3 heterocycles. The topological polar surface area (TPSA) is 117 Å². The van der Waals surface area contributed by atoms with Crippen LogP contribution in [0, 0.1) is 0 Å². The molecule has 33 heavy (non-hydrogen) atoms. The SMILES string of the molecule is COc1ccc(OC)c(NC(=O)Cn2c(=O)n(Cc3cccnc3)c(=O)c3ncccc32)c1. The van der Waals surface area contributed by atoms with Gasteiger partial charge in [0.2, 0.25) is 5.91 Å². The molecule has 0 radical (unpaired) electrons. The van der Waals surface area contributed by atoms with Gasteiger partial charge in [-0.15, -0.1) is 0 Å². The number of amides is 1. The lowest BCUT2D eigenvalue weighted by Crippen LogP contribution is -2.42. The second kappa shape index (κ2) is 9.35. The van der Waals surface area contributed by atoms with Crippen molar-refractivity contribution in [2.75, 3.05) is 19.5 Å². The zero-order valence-corrected chi connectivity index (χ0v) is 18.0. The van der Waals surface area contributed by atoms with E-state index in [1.165, 1.54) is 25.0 Å². The largest absolute Gasteiger partial charge is 0.497 e. The third-order valence-electron chi connectivity index (χ3n) is 5.03. The van der Waals surface area contributed by atoms with Crippen LogP contribution in [0.5, 0.6) is 11.5 Å². The number of pyridine rings is 2. The Morgan fingerprint density at radius 3 is 2.58 bits per heavy atom. The van der Waals surface area contributed by atoms with Gasteiger partial charge < -0.3 is 14.8 Å². The first-order chi connectivity index (χ1) is 16.0. The molecule has 168 valence electrons. The number of carbonyl (C=O) groups excluding carboxylic acids is 1. The Balaban J connectivity index is 1.74. The minimum absolute atomic E-state index is 0.00332. The van der Waals surface area contributed by atoms with Gasteiger partial charge in [-0.2, -0.15) is 0 Å². The van der Waals surface area contributed by atoms with Gasteiger partial charge >= 0.3 is 5.69 Å². The highest BCUT2D eigenvalue weighted by molar-refractivity contribution is 5.93. The van der Waals surface area contributed by atoms with Crippen LogP contribution >= 0.6 is 0 Å². The van der Waals surface area contributed by atoms with Crippen molar-refractivity contribution < 1.29 is 14.3 Å². The smallest absolute Gasteiger partial charge is 0.332 e. The monoisotopic (exact) mass is 447 g/mol. The molecule has 10 nitrogen and oxygen atoms in total.